The van der Waals surface area contributed by atoms with Crippen LogP contribution in [0.3, 0.4) is 0 Å². The van der Waals surface area contributed by atoms with Crippen LogP contribution in [0.15, 0.2) is 107 Å². The number of ether oxygens (including phenoxy) is 1. The Labute approximate surface area is 264 Å². The van der Waals surface area contributed by atoms with Crippen LogP contribution in [0.1, 0.15) is 42.4 Å². The molecule has 232 valence electrons. The lowest BCUT2D eigenvalue weighted by atomic mass is 9.98. The van der Waals surface area contributed by atoms with Gasteiger partial charge in [-0.15, -0.1) is 0 Å². The Morgan fingerprint density at radius 1 is 1.04 bits per heavy atom. The van der Waals surface area contributed by atoms with Gasteiger partial charge in [-0.25, -0.2) is 14.2 Å². The minimum atomic E-state index is -0.818. The minimum absolute atomic E-state index is 0.0917. The van der Waals surface area contributed by atoms with Crippen molar-refractivity contribution < 1.29 is 27.9 Å². The van der Waals surface area contributed by atoms with Crippen LogP contribution < -0.4 is 10.6 Å². The minimum Gasteiger partial charge on any atom is -0.467 e. The van der Waals surface area contributed by atoms with Crippen molar-refractivity contribution in [3.8, 4) is 0 Å². The van der Waals surface area contributed by atoms with Crippen LogP contribution in [0.4, 0.5) is 20.6 Å². The number of thioether (sulfide) groups is 1. The topological polar surface area (TPSA) is 113 Å². The second kappa shape index (κ2) is 14.7. The number of amides is 3. The maximum atomic E-state index is 13.8. The first-order valence-electron chi connectivity index (χ1n) is 14.5. The quantitative estimate of drug-likeness (QED) is 0.182. The Balaban J connectivity index is 1.27. The summed E-state index contributed by atoms with van der Waals surface area (Å²) in [5.41, 5.74) is 2.44. The molecule has 9 nitrogen and oxygen atoms in total. The van der Waals surface area contributed by atoms with E-state index in [0.717, 1.165) is 5.56 Å². The van der Waals surface area contributed by atoms with Crippen molar-refractivity contribution in [3.05, 3.63) is 120 Å². The number of anilines is 1. The van der Waals surface area contributed by atoms with Crippen LogP contribution >= 0.6 is 11.8 Å². The number of alkyl carbamates (subject to hydrolysis) is 1. The third kappa shape index (κ3) is 8.18. The highest BCUT2D eigenvalue weighted by molar-refractivity contribution is 8.15. The number of aliphatic imine (C=N–C) groups is 1. The summed E-state index contributed by atoms with van der Waals surface area (Å²) in [5.74, 6) is -0.569. The van der Waals surface area contributed by atoms with Crippen LogP contribution in [-0.2, 0) is 27.5 Å². The third-order valence-corrected chi connectivity index (χ3v) is 8.57. The maximum absolute atomic E-state index is 13.8. The summed E-state index contributed by atoms with van der Waals surface area (Å²) in [7, 11) is 0. The highest BCUT2D eigenvalue weighted by atomic mass is 32.2. The number of nitrogens with zero attached hydrogens (tertiary/aromatic N) is 2. The van der Waals surface area contributed by atoms with Crippen molar-refractivity contribution >= 4 is 46.2 Å². The van der Waals surface area contributed by atoms with Crippen molar-refractivity contribution in [2.75, 3.05) is 5.32 Å². The summed E-state index contributed by atoms with van der Waals surface area (Å²) in [5, 5.41) is 5.38. The second-order valence-corrected chi connectivity index (χ2v) is 11.6. The van der Waals surface area contributed by atoms with Crippen molar-refractivity contribution in [1.82, 2.24) is 10.2 Å². The third-order valence-electron chi connectivity index (χ3n) is 7.33. The zero-order valence-electron chi connectivity index (χ0n) is 24.8. The van der Waals surface area contributed by atoms with Gasteiger partial charge in [-0.3, -0.25) is 14.5 Å². The van der Waals surface area contributed by atoms with Gasteiger partial charge in [0.25, 0.3) is 0 Å². The largest absolute Gasteiger partial charge is 0.467 e. The lowest BCUT2D eigenvalue weighted by Gasteiger charge is -2.23. The molecule has 0 aliphatic carbocycles. The van der Waals surface area contributed by atoms with Crippen LogP contribution in [-0.4, -0.2) is 34.0 Å². The highest BCUT2D eigenvalue weighted by Gasteiger charge is 2.39. The van der Waals surface area contributed by atoms with E-state index >= 15 is 0 Å². The summed E-state index contributed by atoms with van der Waals surface area (Å²) in [6.45, 7) is 4.09. The van der Waals surface area contributed by atoms with Gasteiger partial charge in [0.2, 0.25) is 11.8 Å². The zero-order chi connectivity index (χ0) is 31.8. The Kier molecular flexibility index (Phi) is 10.3. The Morgan fingerprint density at radius 2 is 1.82 bits per heavy atom. The predicted octanol–water partition coefficient (Wildman–Crippen LogP) is 7.20. The van der Waals surface area contributed by atoms with Gasteiger partial charge in [0.1, 0.15) is 29.5 Å². The lowest BCUT2D eigenvalue weighted by molar-refractivity contribution is -0.126. The van der Waals surface area contributed by atoms with Gasteiger partial charge in [0.15, 0.2) is 5.17 Å². The summed E-state index contributed by atoms with van der Waals surface area (Å²) in [4.78, 5) is 45.5. The van der Waals surface area contributed by atoms with Crippen molar-refractivity contribution in [3.63, 3.8) is 0 Å². The van der Waals surface area contributed by atoms with Gasteiger partial charge in [-0.1, -0.05) is 80.6 Å². The Morgan fingerprint density at radius 3 is 2.51 bits per heavy atom. The molecule has 3 aromatic carbocycles. The van der Waals surface area contributed by atoms with E-state index in [1.54, 1.807) is 48.5 Å². The molecule has 0 radical (unpaired) electrons. The second-order valence-electron chi connectivity index (χ2n) is 10.6. The molecule has 3 atom stereocenters. The monoisotopic (exact) mass is 628 g/mol. The van der Waals surface area contributed by atoms with Crippen LogP contribution in [0.2, 0.25) is 0 Å². The van der Waals surface area contributed by atoms with Gasteiger partial charge in [0.05, 0.1) is 18.5 Å². The lowest BCUT2D eigenvalue weighted by Crippen LogP contribution is -2.47. The van der Waals surface area contributed by atoms with E-state index in [1.165, 1.54) is 35.1 Å². The Bertz CT molecular complexity index is 1650. The van der Waals surface area contributed by atoms with Gasteiger partial charge >= 0.3 is 6.09 Å². The molecule has 0 spiro atoms. The maximum Gasteiger partial charge on any atom is 0.408 e. The van der Waals surface area contributed by atoms with E-state index in [9.17, 15) is 18.8 Å². The number of rotatable bonds is 11. The molecular formula is C34H33FN4O5S. The molecule has 4 aromatic rings. The molecule has 1 aliphatic heterocycles. The van der Waals surface area contributed by atoms with E-state index in [0.29, 0.717) is 34.3 Å². The zero-order valence-corrected chi connectivity index (χ0v) is 25.6. The fourth-order valence-corrected chi connectivity index (χ4v) is 5.84. The van der Waals surface area contributed by atoms with Gasteiger partial charge in [0, 0.05) is 5.69 Å². The van der Waals surface area contributed by atoms with E-state index in [1.807, 2.05) is 44.2 Å². The smallest absolute Gasteiger partial charge is 0.408 e. The molecule has 1 aliphatic rings. The Hall–Kier alpha value is -4.90. The van der Waals surface area contributed by atoms with Crippen LogP contribution in [0.25, 0.3) is 0 Å². The summed E-state index contributed by atoms with van der Waals surface area (Å²) >= 11 is 1.26. The van der Waals surface area contributed by atoms with Crippen molar-refractivity contribution in [2.45, 2.75) is 44.7 Å². The molecule has 2 heterocycles. The van der Waals surface area contributed by atoms with Gasteiger partial charge in [-0.05, 0) is 59.5 Å². The number of benzene rings is 3. The van der Waals surface area contributed by atoms with E-state index in [-0.39, 0.29) is 30.9 Å². The standard InChI is InChI=1S/C34H33FN4O5S/c1-3-22(2)29(38-34(42)44-21-23-9-5-4-6-10-23)31(40)36-26-16-14-24(15-17-26)30-32(41)39(20-28-13-8-18-43-28)33(45-30)37-27-12-7-11-25(35)19-27/h4-19,22,29-30H,3,20-21H2,1-2H3,(H,36,40)(H,38,42)/t22-,29+,30?/m1/s1. The van der Waals surface area contributed by atoms with Crippen molar-refractivity contribution in [2.24, 2.45) is 10.9 Å². The average molecular weight is 629 g/mol. The SMILES string of the molecule is CC[C@@H](C)[C@H](NC(=O)OCc1ccccc1)C(=O)Nc1ccc(C2SC(=Nc3cccc(F)c3)N(Cc3ccco3)C2=O)cc1. The van der Waals surface area contributed by atoms with Gasteiger partial charge < -0.3 is 19.8 Å². The van der Waals surface area contributed by atoms with E-state index in [4.69, 9.17) is 9.15 Å². The molecule has 2 N–H and O–H groups in total. The molecule has 1 saturated heterocycles. The summed E-state index contributed by atoms with van der Waals surface area (Å²) in [6, 6.07) is 24.8. The molecule has 11 heteroatoms. The van der Waals surface area contributed by atoms with Crippen LogP contribution in [0.5, 0.6) is 0 Å². The summed E-state index contributed by atoms with van der Waals surface area (Å²) < 4.78 is 24.6. The molecule has 3 amide bonds. The average Bonchev–Trinajstić information content (AvgIpc) is 3.67. The summed E-state index contributed by atoms with van der Waals surface area (Å²) in [6.07, 6.45) is 1.51. The van der Waals surface area contributed by atoms with Gasteiger partial charge in [-0.2, -0.15) is 0 Å². The predicted molar refractivity (Wildman–Crippen MR) is 171 cm³/mol. The number of carbonyl (C=O) groups excluding carboxylic acids is 3. The van der Waals surface area contributed by atoms with Crippen molar-refractivity contribution in [1.29, 1.82) is 0 Å². The number of hydrogen-bond acceptors (Lipinski definition) is 7. The molecule has 5 rings (SSSR count). The first-order chi connectivity index (χ1) is 21.8. The van der Waals surface area contributed by atoms with E-state index in [2.05, 4.69) is 15.6 Å². The molecule has 0 bridgehead atoms. The fraction of sp³-hybridized carbons (Fsp3) is 0.235. The number of amidine groups is 1. The first kappa shape index (κ1) is 31.5. The first-order valence-corrected chi connectivity index (χ1v) is 15.4. The normalized spacial score (nSPS) is 16.8. The molecule has 1 fully saturated rings. The number of halogens is 1. The molecule has 1 unspecified atom stereocenters. The molecular weight excluding hydrogens is 595 g/mol. The molecule has 0 saturated carbocycles. The number of furan rings is 1. The molecule has 1 aromatic heterocycles. The molecule has 45 heavy (non-hydrogen) atoms. The number of hydrogen-bond donors (Lipinski definition) is 2. The van der Waals surface area contributed by atoms with Crippen LogP contribution in [0, 0.1) is 11.7 Å². The highest BCUT2D eigenvalue weighted by Crippen LogP contribution is 2.41. The fourth-order valence-electron chi connectivity index (χ4n) is 4.67. The number of nitrogens with one attached hydrogen (secondary N) is 2. The number of carbonyl (C=O) groups is 3. The van der Waals surface area contributed by atoms with E-state index < -0.39 is 23.2 Å².